The third-order valence-corrected chi connectivity index (χ3v) is 7.60. The molecule has 1 unspecified atom stereocenters. The van der Waals surface area contributed by atoms with Crippen LogP contribution in [0.15, 0.2) is 18.2 Å². The van der Waals surface area contributed by atoms with Crippen molar-refractivity contribution >= 4 is 15.7 Å². The Morgan fingerprint density at radius 1 is 1.33 bits per heavy atom. The molecule has 2 fully saturated rings. The summed E-state index contributed by atoms with van der Waals surface area (Å²) in [6.45, 7) is 2.85. The lowest BCUT2D eigenvalue weighted by Crippen LogP contribution is -2.68. The largest absolute Gasteiger partial charge is 0.381 e. The Balaban J connectivity index is 1.76. The maximum atomic E-state index is 13.3. The summed E-state index contributed by atoms with van der Waals surface area (Å²) >= 11 is 0. The summed E-state index contributed by atoms with van der Waals surface area (Å²) < 4.78 is 55.6. The van der Waals surface area contributed by atoms with Gasteiger partial charge in [-0.15, -0.1) is 0 Å². The normalized spacial score (nSPS) is 24.1. The van der Waals surface area contributed by atoms with E-state index < -0.39 is 32.1 Å². The first-order chi connectivity index (χ1) is 11.3. The van der Waals surface area contributed by atoms with Crippen LogP contribution in [0.25, 0.3) is 0 Å². The van der Waals surface area contributed by atoms with Gasteiger partial charge in [-0.1, -0.05) is 0 Å². The second-order valence-electron chi connectivity index (χ2n) is 6.32. The van der Waals surface area contributed by atoms with Crippen molar-refractivity contribution in [2.24, 2.45) is 5.92 Å². The minimum absolute atomic E-state index is 0.0144. The van der Waals surface area contributed by atoms with Gasteiger partial charge in [-0.25, -0.2) is 17.2 Å². The van der Waals surface area contributed by atoms with Gasteiger partial charge in [0.25, 0.3) is 5.91 Å². The van der Waals surface area contributed by atoms with Crippen molar-refractivity contribution in [3.63, 3.8) is 0 Å². The molecule has 24 heavy (non-hydrogen) atoms. The van der Waals surface area contributed by atoms with Gasteiger partial charge in [0.2, 0.25) is 0 Å². The number of amides is 1. The molecule has 1 aromatic carbocycles. The number of likely N-dealkylation sites (tertiary alicyclic amines) is 1. The van der Waals surface area contributed by atoms with E-state index >= 15 is 0 Å². The Bertz CT molecular complexity index is 759. The molecule has 2 saturated heterocycles. The number of hydrogen-bond acceptors (Lipinski definition) is 4. The monoisotopic (exact) mass is 359 g/mol. The number of sulfone groups is 1. The number of benzene rings is 1. The van der Waals surface area contributed by atoms with E-state index in [0.29, 0.717) is 19.6 Å². The summed E-state index contributed by atoms with van der Waals surface area (Å²) in [6.07, 6.45) is 0.523. The Hall–Kier alpha value is -1.54. The SMILES string of the molecule is CCOCC1CCS(=O)(=O)C12CN(C(=O)c1ccc(F)c(F)c1)C2. The first-order valence-electron chi connectivity index (χ1n) is 7.85. The number of halogens is 2. The van der Waals surface area contributed by atoms with Gasteiger partial charge in [0.05, 0.1) is 12.4 Å². The van der Waals surface area contributed by atoms with Crippen LogP contribution in [-0.2, 0) is 14.6 Å². The van der Waals surface area contributed by atoms with Gasteiger partial charge in [0.1, 0.15) is 4.75 Å². The number of rotatable bonds is 4. The van der Waals surface area contributed by atoms with E-state index in [0.717, 1.165) is 12.1 Å². The predicted molar refractivity (Wildman–Crippen MR) is 83.4 cm³/mol. The fourth-order valence-corrected chi connectivity index (χ4v) is 5.92. The summed E-state index contributed by atoms with van der Waals surface area (Å²) in [4.78, 5) is 13.7. The molecule has 2 aliphatic heterocycles. The second kappa shape index (κ2) is 6.07. The van der Waals surface area contributed by atoms with Crippen LogP contribution < -0.4 is 0 Å². The highest BCUT2D eigenvalue weighted by Gasteiger charge is 2.62. The lowest BCUT2D eigenvalue weighted by atomic mass is 9.83. The molecule has 2 aliphatic rings. The van der Waals surface area contributed by atoms with Gasteiger partial charge in [-0.05, 0) is 31.5 Å². The van der Waals surface area contributed by atoms with Crippen LogP contribution in [0.2, 0.25) is 0 Å². The fourth-order valence-electron chi connectivity index (χ4n) is 3.52. The molecular formula is C16H19F2NO4S. The molecule has 1 atom stereocenters. The number of carbonyl (C=O) groups is 1. The molecule has 1 amide bonds. The maximum Gasteiger partial charge on any atom is 0.254 e. The summed E-state index contributed by atoms with van der Waals surface area (Å²) in [5.41, 5.74) is 0.0144. The molecule has 0 aliphatic carbocycles. The molecule has 0 bridgehead atoms. The van der Waals surface area contributed by atoms with Crippen molar-refractivity contribution in [3.05, 3.63) is 35.4 Å². The average molecular weight is 359 g/mol. The Morgan fingerprint density at radius 2 is 2.04 bits per heavy atom. The van der Waals surface area contributed by atoms with Crippen molar-refractivity contribution < 1.29 is 26.7 Å². The van der Waals surface area contributed by atoms with E-state index in [1.54, 1.807) is 0 Å². The molecule has 1 spiro atoms. The Kier molecular flexibility index (Phi) is 4.37. The first kappa shape index (κ1) is 17.3. The molecule has 3 rings (SSSR count). The average Bonchev–Trinajstić information content (AvgIpc) is 2.76. The molecule has 132 valence electrons. The smallest absolute Gasteiger partial charge is 0.254 e. The number of carbonyl (C=O) groups excluding carboxylic acids is 1. The van der Waals surface area contributed by atoms with E-state index in [9.17, 15) is 22.0 Å². The zero-order chi connectivity index (χ0) is 17.5. The lowest BCUT2D eigenvalue weighted by Gasteiger charge is -2.49. The summed E-state index contributed by atoms with van der Waals surface area (Å²) in [5.74, 6) is -2.66. The van der Waals surface area contributed by atoms with Crippen molar-refractivity contribution in [2.75, 3.05) is 32.1 Å². The van der Waals surface area contributed by atoms with Crippen LogP contribution in [0, 0.1) is 17.6 Å². The van der Waals surface area contributed by atoms with Crippen LogP contribution >= 0.6 is 0 Å². The third-order valence-electron chi connectivity index (χ3n) is 4.99. The molecule has 8 heteroatoms. The molecule has 0 radical (unpaired) electrons. The highest BCUT2D eigenvalue weighted by molar-refractivity contribution is 7.93. The fraction of sp³-hybridized carbons (Fsp3) is 0.562. The Labute approximate surface area is 139 Å². The molecule has 0 saturated carbocycles. The Morgan fingerprint density at radius 3 is 2.67 bits per heavy atom. The third kappa shape index (κ3) is 2.61. The van der Waals surface area contributed by atoms with E-state index in [-0.39, 0.29) is 30.3 Å². The van der Waals surface area contributed by atoms with Gasteiger partial charge in [0.15, 0.2) is 21.5 Å². The molecule has 1 aromatic rings. The van der Waals surface area contributed by atoms with Crippen LogP contribution in [0.1, 0.15) is 23.7 Å². The second-order valence-corrected chi connectivity index (χ2v) is 8.77. The van der Waals surface area contributed by atoms with Crippen molar-refractivity contribution in [1.82, 2.24) is 4.90 Å². The first-order valence-corrected chi connectivity index (χ1v) is 9.50. The van der Waals surface area contributed by atoms with E-state index in [4.69, 9.17) is 4.74 Å². The van der Waals surface area contributed by atoms with E-state index in [2.05, 4.69) is 0 Å². The minimum Gasteiger partial charge on any atom is -0.381 e. The molecular weight excluding hydrogens is 340 g/mol. The van der Waals surface area contributed by atoms with Gasteiger partial charge in [0, 0.05) is 31.2 Å². The number of ether oxygens (including phenoxy) is 1. The van der Waals surface area contributed by atoms with Gasteiger partial charge in [-0.2, -0.15) is 0 Å². The molecule has 0 N–H and O–H groups in total. The summed E-state index contributed by atoms with van der Waals surface area (Å²) in [5, 5.41) is 0. The van der Waals surface area contributed by atoms with Crippen LogP contribution in [-0.4, -0.2) is 56.0 Å². The standard InChI is InChI=1S/C16H19F2NO4S/c1-2-23-8-12-5-6-24(21,22)16(12)9-19(10-16)15(20)11-3-4-13(17)14(18)7-11/h3-4,7,12H,2,5-6,8-10H2,1H3. The minimum atomic E-state index is -3.30. The summed E-state index contributed by atoms with van der Waals surface area (Å²) in [7, 11) is -3.30. The topological polar surface area (TPSA) is 63.7 Å². The molecule has 2 heterocycles. The molecule has 5 nitrogen and oxygen atoms in total. The van der Waals surface area contributed by atoms with Crippen LogP contribution in [0.5, 0.6) is 0 Å². The quantitative estimate of drug-likeness (QED) is 0.820. The highest BCUT2D eigenvalue weighted by Crippen LogP contribution is 2.45. The predicted octanol–water partition coefficient (Wildman–Crippen LogP) is 1.63. The maximum absolute atomic E-state index is 13.3. The zero-order valence-electron chi connectivity index (χ0n) is 13.3. The summed E-state index contributed by atoms with van der Waals surface area (Å²) in [6, 6.07) is 2.93. The highest BCUT2D eigenvalue weighted by atomic mass is 32.2. The molecule has 0 aromatic heterocycles. The van der Waals surface area contributed by atoms with Gasteiger partial charge >= 0.3 is 0 Å². The van der Waals surface area contributed by atoms with Crippen LogP contribution in [0.3, 0.4) is 0 Å². The van der Waals surface area contributed by atoms with Gasteiger partial charge < -0.3 is 9.64 Å². The number of nitrogens with zero attached hydrogens (tertiary/aromatic N) is 1. The van der Waals surface area contributed by atoms with E-state index in [1.165, 1.54) is 11.0 Å². The van der Waals surface area contributed by atoms with E-state index in [1.807, 2.05) is 6.92 Å². The zero-order valence-corrected chi connectivity index (χ0v) is 14.1. The van der Waals surface area contributed by atoms with Crippen LogP contribution in [0.4, 0.5) is 8.78 Å². The lowest BCUT2D eigenvalue weighted by molar-refractivity contribution is 0.0270. The van der Waals surface area contributed by atoms with Crippen molar-refractivity contribution in [2.45, 2.75) is 18.1 Å². The number of hydrogen-bond donors (Lipinski definition) is 0. The van der Waals surface area contributed by atoms with Gasteiger partial charge in [-0.3, -0.25) is 4.79 Å². The van der Waals surface area contributed by atoms with Crippen molar-refractivity contribution in [3.8, 4) is 0 Å². The van der Waals surface area contributed by atoms with Crippen molar-refractivity contribution in [1.29, 1.82) is 0 Å².